The monoisotopic (exact) mass is 168 g/mol. The molecule has 2 nitrogen and oxygen atoms in total. The molecular formula is C10H16O2. The van der Waals surface area contributed by atoms with Crippen molar-refractivity contribution in [2.24, 2.45) is 5.92 Å². The third-order valence-corrected chi connectivity index (χ3v) is 2.13. The molecule has 0 amide bonds. The number of hydrogen-bond acceptors (Lipinski definition) is 2. The van der Waals surface area contributed by atoms with E-state index >= 15 is 0 Å². The van der Waals surface area contributed by atoms with E-state index in [0.29, 0.717) is 12.5 Å². The number of allylic oxidation sites excluding steroid dienone is 1. The average molecular weight is 168 g/mol. The van der Waals surface area contributed by atoms with E-state index in [2.05, 4.69) is 6.92 Å². The number of hydrogen-bond donors (Lipinski definition) is 0. The van der Waals surface area contributed by atoms with Crippen LogP contribution in [0.15, 0.2) is 11.6 Å². The third kappa shape index (κ3) is 2.36. The predicted molar refractivity (Wildman–Crippen MR) is 47.7 cm³/mol. The van der Waals surface area contributed by atoms with E-state index in [9.17, 15) is 4.79 Å². The second-order valence-corrected chi connectivity index (χ2v) is 3.28. The zero-order valence-electron chi connectivity index (χ0n) is 7.80. The molecule has 0 aromatic heterocycles. The van der Waals surface area contributed by atoms with E-state index in [1.807, 2.05) is 13.0 Å². The summed E-state index contributed by atoms with van der Waals surface area (Å²) in [5.74, 6) is 0.419. The van der Waals surface area contributed by atoms with Crippen LogP contribution in [0, 0.1) is 5.92 Å². The minimum absolute atomic E-state index is 0.121. The van der Waals surface area contributed by atoms with Gasteiger partial charge in [0, 0.05) is 5.57 Å². The fourth-order valence-electron chi connectivity index (χ4n) is 1.52. The zero-order chi connectivity index (χ0) is 8.97. The van der Waals surface area contributed by atoms with Crippen molar-refractivity contribution >= 4 is 5.97 Å². The minimum atomic E-state index is -0.121. The van der Waals surface area contributed by atoms with Crippen molar-refractivity contribution in [2.45, 2.75) is 33.1 Å². The van der Waals surface area contributed by atoms with Crippen molar-refractivity contribution in [2.75, 3.05) is 6.61 Å². The van der Waals surface area contributed by atoms with Crippen molar-refractivity contribution in [1.82, 2.24) is 0 Å². The molecule has 0 aromatic rings. The normalized spacial score (nSPS) is 23.2. The van der Waals surface area contributed by atoms with Gasteiger partial charge in [-0.25, -0.2) is 4.79 Å². The lowest BCUT2D eigenvalue weighted by atomic mass is 9.92. The summed E-state index contributed by atoms with van der Waals surface area (Å²) in [6.07, 6.45) is 5.25. The molecule has 0 saturated heterocycles. The van der Waals surface area contributed by atoms with Crippen LogP contribution >= 0.6 is 0 Å². The summed E-state index contributed by atoms with van der Waals surface area (Å²) in [4.78, 5) is 11.3. The van der Waals surface area contributed by atoms with Crippen molar-refractivity contribution in [3.8, 4) is 0 Å². The Bertz CT molecular complexity index is 194. The molecule has 0 N–H and O–H groups in total. The van der Waals surface area contributed by atoms with Crippen LogP contribution in [0.4, 0.5) is 0 Å². The Morgan fingerprint density at radius 3 is 3.08 bits per heavy atom. The zero-order valence-corrected chi connectivity index (χ0v) is 7.80. The lowest BCUT2D eigenvalue weighted by Crippen LogP contribution is -2.12. The van der Waals surface area contributed by atoms with Gasteiger partial charge < -0.3 is 4.74 Å². The number of esters is 1. The molecule has 0 unspecified atom stereocenters. The van der Waals surface area contributed by atoms with Gasteiger partial charge in [0.1, 0.15) is 0 Å². The van der Waals surface area contributed by atoms with Crippen molar-refractivity contribution in [3.63, 3.8) is 0 Å². The van der Waals surface area contributed by atoms with Gasteiger partial charge >= 0.3 is 5.97 Å². The van der Waals surface area contributed by atoms with Gasteiger partial charge in [0.2, 0.25) is 0 Å². The molecule has 1 aliphatic carbocycles. The van der Waals surface area contributed by atoms with Gasteiger partial charge in [0.05, 0.1) is 6.61 Å². The maximum absolute atomic E-state index is 11.3. The third-order valence-electron chi connectivity index (χ3n) is 2.13. The highest BCUT2D eigenvalue weighted by molar-refractivity contribution is 5.88. The maximum atomic E-state index is 11.3. The van der Waals surface area contributed by atoms with Crippen LogP contribution in [0.1, 0.15) is 33.1 Å². The molecule has 1 atom stereocenters. The highest BCUT2D eigenvalue weighted by atomic mass is 16.5. The smallest absolute Gasteiger partial charge is 0.333 e. The standard InChI is InChI=1S/C10H16O2/c1-3-12-10(11)9-6-4-5-8(2)7-9/h7-8H,3-6H2,1-2H3/t8-/m0/s1. The van der Waals surface area contributed by atoms with E-state index in [0.717, 1.165) is 18.4 Å². The molecule has 0 bridgehead atoms. The summed E-state index contributed by atoms with van der Waals surface area (Å²) in [6, 6.07) is 0. The van der Waals surface area contributed by atoms with Gasteiger partial charge in [-0.05, 0) is 32.1 Å². The molecule has 0 aromatic carbocycles. The van der Waals surface area contributed by atoms with Crippen molar-refractivity contribution < 1.29 is 9.53 Å². The number of ether oxygens (including phenoxy) is 1. The largest absolute Gasteiger partial charge is 0.463 e. The SMILES string of the molecule is CCOC(=O)C1=C[C@@H](C)CCC1. The molecule has 0 heterocycles. The highest BCUT2D eigenvalue weighted by Crippen LogP contribution is 2.22. The molecule has 0 saturated carbocycles. The molecule has 2 heteroatoms. The van der Waals surface area contributed by atoms with Crippen LogP contribution in [0.5, 0.6) is 0 Å². The number of rotatable bonds is 2. The summed E-state index contributed by atoms with van der Waals surface area (Å²) in [5.41, 5.74) is 0.871. The fraction of sp³-hybridized carbons (Fsp3) is 0.700. The number of carbonyl (C=O) groups excluding carboxylic acids is 1. The first-order chi connectivity index (χ1) is 5.74. The Morgan fingerprint density at radius 1 is 1.75 bits per heavy atom. The Morgan fingerprint density at radius 2 is 2.50 bits per heavy atom. The van der Waals surface area contributed by atoms with Gasteiger partial charge in [-0.3, -0.25) is 0 Å². The van der Waals surface area contributed by atoms with Gasteiger partial charge in [-0.15, -0.1) is 0 Å². The Kier molecular flexibility index (Phi) is 3.32. The lowest BCUT2D eigenvalue weighted by Gasteiger charge is -2.16. The molecule has 1 aliphatic rings. The summed E-state index contributed by atoms with van der Waals surface area (Å²) in [5, 5.41) is 0. The minimum Gasteiger partial charge on any atom is -0.463 e. The second-order valence-electron chi connectivity index (χ2n) is 3.28. The second kappa shape index (κ2) is 4.29. The quantitative estimate of drug-likeness (QED) is 0.591. The summed E-state index contributed by atoms with van der Waals surface area (Å²) in [7, 11) is 0. The van der Waals surface area contributed by atoms with Gasteiger partial charge in [-0.2, -0.15) is 0 Å². The fourth-order valence-corrected chi connectivity index (χ4v) is 1.52. The first-order valence-electron chi connectivity index (χ1n) is 4.62. The topological polar surface area (TPSA) is 26.3 Å². The first-order valence-corrected chi connectivity index (χ1v) is 4.62. The summed E-state index contributed by atoms with van der Waals surface area (Å²) >= 11 is 0. The Labute approximate surface area is 73.6 Å². The van der Waals surface area contributed by atoms with Gasteiger partial charge in [0.25, 0.3) is 0 Å². The van der Waals surface area contributed by atoms with Crippen LogP contribution in [0.2, 0.25) is 0 Å². The molecule has 68 valence electrons. The van der Waals surface area contributed by atoms with E-state index in [4.69, 9.17) is 4.74 Å². The van der Waals surface area contributed by atoms with Gasteiger partial charge in [0.15, 0.2) is 0 Å². The molecule has 0 fully saturated rings. The van der Waals surface area contributed by atoms with Crippen molar-refractivity contribution in [1.29, 1.82) is 0 Å². The van der Waals surface area contributed by atoms with Crippen LogP contribution in [0.25, 0.3) is 0 Å². The van der Waals surface area contributed by atoms with E-state index < -0.39 is 0 Å². The predicted octanol–water partition coefficient (Wildman–Crippen LogP) is 2.30. The molecule has 1 rings (SSSR count). The van der Waals surface area contributed by atoms with Crippen LogP contribution in [0.3, 0.4) is 0 Å². The van der Waals surface area contributed by atoms with E-state index in [1.165, 1.54) is 6.42 Å². The first kappa shape index (κ1) is 9.30. The number of carbonyl (C=O) groups is 1. The maximum Gasteiger partial charge on any atom is 0.333 e. The Balaban J connectivity index is 2.55. The highest BCUT2D eigenvalue weighted by Gasteiger charge is 2.16. The van der Waals surface area contributed by atoms with Gasteiger partial charge in [-0.1, -0.05) is 13.0 Å². The van der Waals surface area contributed by atoms with Crippen LogP contribution < -0.4 is 0 Å². The molecule has 0 aliphatic heterocycles. The van der Waals surface area contributed by atoms with Crippen LogP contribution in [-0.4, -0.2) is 12.6 Å². The van der Waals surface area contributed by atoms with E-state index in [-0.39, 0.29) is 5.97 Å². The van der Waals surface area contributed by atoms with E-state index in [1.54, 1.807) is 0 Å². The molecule has 0 spiro atoms. The lowest BCUT2D eigenvalue weighted by molar-refractivity contribution is -0.138. The molecule has 12 heavy (non-hydrogen) atoms. The summed E-state index contributed by atoms with van der Waals surface area (Å²) < 4.78 is 4.92. The molecule has 0 radical (unpaired) electrons. The van der Waals surface area contributed by atoms with Crippen molar-refractivity contribution in [3.05, 3.63) is 11.6 Å². The Hall–Kier alpha value is -0.790. The average Bonchev–Trinajstić information content (AvgIpc) is 2.05. The van der Waals surface area contributed by atoms with Crippen LogP contribution in [-0.2, 0) is 9.53 Å². The summed E-state index contributed by atoms with van der Waals surface area (Å²) in [6.45, 7) is 4.45. The molecular weight excluding hydrogens is 152 g/mol.